The van der Waals surface area contributed by atoms with E-state index in [1.54, 1.807) is 0 Å². The number of aromatic nitrogens is 1. The number of aryl methyl sites for hydroxylation is 1. The molecule has 0 atom stereocenters. The van der Waals surface area contributed by atoms with E-state index in [9.17, 15) is 9.59 Å². The first kappa shape index (κ1) is 20.8. The van der Waals surface area contributed by atoms with Gasteiger partial charge in [-0.2, -0.15) is 0 Å². The van der Waals surface area contributed by atoms with Crippen molar-refractivity contribution in [1.82, 2.24) is 9.88 Å². The van der Waals surface area contributed by atoms with Crippen molar-refractivity contribution in [1.29, 1.82) is 0 Å². The standard InChI is InChI=1S/C25H32N2O3/c1-2-27(18-11-5-3-6-12-18)23(28)17-30-25(29)24-19-13-7-4-8-15-21(19)26-22-16-10-9-14-20(22)24/h9-10,14,16,18H,2-8,11-13,15,17H2,1H3. The molecular weight excluding hydrogens is 376 g/mol. The lowest BCUT2D eigenvalue weighted by Gasteiger charge is -2.33. The van der Waals surface area contributed by atoms with Gasteiger partial charge in [0.25, 0.3) is 5.91 Å². The van der Waals surface area contributed by atoms with Gasteiger partial charge in [0.15, 0.2) is 6.61 Å². The van der Waals surface area contributed by atoms with E-state index in [-0.39, 0.29) is 24.5 Å². The van der Waals surface area contributed by atoms with Crippen LogP contribution in [0.3, 0.4) is 0 Å². The van der Waals surface area contributed by atoms with Crippen LogP contribution in [0.1, 0.15) is 79.9 Å². The lowest BCUT2D eigenvalue weighted by molar-refractivity contribution is -0.137. The zero-order chi connectivity index (χ0) is 20.9. The van der Waals surface area contributed by atoms with Crippen molar-refractivity contribution in [3.63, 3.8) is 0 Å². The minimum absolute atomic E-state index is 0.0813. The van der Waals surface area contributed by atoms with Crippen LogP contribution in [0.4, 0.5) is 0 Å². The van der Waals surface area contributed by atoms with Gasteiger partial charge in [0.05, 0.1) is 11.1 Å². The Labute approximate surface area is 178 Å². The van der Waals surface area contributed by atoms with Gasteiger partial charge in [-0.15, -0.1) is 0 Å². The first-order valence-electron chi connectivity index (χ1n) is 11.6. The van der Waals surface area contributed by atoms with Gasteiger partial charge in [-0.25, -0.2) is 4.79 Å². The molecule has 0 saturated heterocycles. The Morgan fingerprint density at radius 2 is 1.77 bits per heavy atom. The number of nitrogens with zero attached hydrogens (tertiary/aromatic N) is 2. The second-order valence-corrected chi connectivity index (χ2v) is 8.54. The van der Waals surface area contributed by atoms with Crippen LogP contribution in [0.15, 0.2) is 24.3 Å². The first-order valence-corrected chi connectivity index (χ1v) is 11.6. The van der Waals surface area contributed by atoms with Crippen molar-refractivity contribution in [2.75, 3.05) is 13.2 Å². The van der Waals surface area contributed by atoms with Crippen LogP contribution in [0.25, 0.3) is 10.9 Å². The van der Waals surface area contributed by atoms with E-state index < -0.39 is 0 Å². The molecule has 0 N–H and O–H groups in total. The van der Waals surface area contributed by atoms with Crippen molar-refractivity contribution in [2.24, 2.45) is 0 Å². The molecule has 1 aromatic heterocycles. The summed E-state index contributed by atoms with van der Waals surface area (Å²) in [5.74, 6) is -0.470. The van der Waals surface area contributed by atoms with Crippen LogP contribution in [0.2, 0.25) is 0 Å². The second kappa shape index (κ2) is 9.59. The topological polar surface area (TPSA) is 59.5 Å². The quantitative estimate of drug-likeness (QED) is 0.525. The maximum Gasteiger partial charge on any atom is 0.339 e. The molecule has 2 aliphatic rings. The van der Waals surface area contributed by atoms with Crippen molar-refractivity contribution >= 4 is 22.8 Å². The van der Waals surface area contributed by atoms with Gasteiger partial charge in [-0.1, -0.05) is 43.9 Å². The van der Waals surface area contributed by atoms with E-state index in [1.165, 1.54) is 19.3 Å². The molecule has 0 spiro atoms. The van der Waals surface area contributed by atoms with Gasteiger partial charge in [0.2, 0.25) is 0 Å². The second-order valence-electron chi connectivity index (χ2n) is 8.54. The van der Waals surface area contributed by atoms with Crippen LogP contribution < -0.4 is 0 Å². The molecule has 0 bridgehead atoms. The van der Waals surface area contributed by atoms with Crippen molar-refractivity contribution in [3.8, 4) is 0 Å². The monoisotopic (exact) mass is 408 g/mol. The highest BCUT2D eigenvalue weighted by Crippen LogP contribution is 2.29. The fourth-order valence-corrected chi connectivity index (χ4v) is 5.10. The number of likely N-dealkylation sites (N-methyl/N-ethyl adjacent to an activating group) is 1. The van der Waals surface area contributed by atoms with Crippen LogP contribution in [0.5, 0.6) is 0 Å². The minimum atomic E-state index is -0.389. The van der Waals surface area contributed by atoms with Crippen molar-refractivity contribution in [3.05, 3.63) is 41.1 Å². The Bertz CT molecular complexity index is 918. The zero-order valence-electron chi connectivity index (χ0n) is 18.0. The number of benzene rings is 1. The number of hydrogen-bond acceptors (Lipinski definition) is 4. The molecule has 1 fully saturated rings. The molecule has 0 unspecified atom stereocenters. The minimum Gasteiger partial charge on any atom is -0.452 e. The number of hydrogen-bond donors (Lipinski definition) is 0. The van der Waals surface area contributed by atoms with E-state index in [1.807, 2.05) is 36.1 Å². The average Bonchev–Trinajstić information content (AvgIpc) is 3.02. The highest BCUT2D eigenvalue weighted by molar-refractivity contribution is 6.05. The van der Waals surface area contributed by atoms with Gasteiger partial charge < -0.3 is 9.64 Å². The van der Waals surface area contributed by atoms with E-state index in [2.05, 4.69) is 0 Å². The van der Waals surface area contributed by atoms with E-state index in [4.69, 9.17) is 9.72 Å². The lowest BCUT2D eigenvalue weighted by Crippen LogP contribution is -2.43. The Morgan fingerprint density at radius 3 is 2.57 bits per heavy atom. The third kappa shape index (κ3) is 4.35. The third-order valence-electron chi connectivity index (χ3n) is 6.63. The van der Waals surface area contributed by atoms with Crippen molar-refractivity contribution in [2.45, 2.75) is 77.2 Å². The first-order chi connectivity index (χ1) is 14.7. The number of amides is 1. The maximum absolute atomic E-state index is 13.2. The third-order valence-corrected chi connectivity index (χ3v) is 6.63. The van der Waals surface area contributed by atoms with Crippen LogP contribution >= 0.6 is 0 Å². The number of rotatable bonds is 5. The number of para-hydroxylation sites is 1. The van der Waals surface area contributed by atoms with Gasteiger partial charge in [0, 0.05) is 23.7 Å². The van der Waals surface area contributed by atoms with Gasteiger partial charge >= 0.3 is 5.97 Å². The number of ether oxygens (including phenoxy) is 1. The fourth-order valence-electron chi connectivity index (χ4n) is 5.10. The lowest BCUT2D eigenvalue weighted by atomic mass is 9.94. The number of fused-ring (bicyclic) bond motifs is 2. The SMILES string of the molecule is CCN(C(=O)COC(=O)c1c2c(nc3ccccc13)CCCCC2)C1CCCCC1. The molecule has 5 nitrogen and oxygen atoms in total. The molecular formula is C25H32N2O3. The summed E-state index contributed by atoms with van der Waals surface area (Å²) in [7, 11) is 0. The van der Waals surface area contributed by atoms with Gasteiger partial charge in [0.1, 0.15) is 0 Å². The summed E-state index contributed by atoms with van der Waals surface area (Å²) >= 11 is 0. The molecule has 5 heteroatoms. The molecule has 160 valence electrons. The van der Waals surface area contributed by atoms with E-state index >= 15 is 0 Å². The van der Waals surface area contributed by atoms with Crippen LogP contribution in [0, 0.1) is 0 Å². The number of pyridine rings is 1. The summed E-state index contributed by atoms with van der Waals surface area (Å²) in [4.78, 5) is 32.8. The summed E-state index contributed by atoms with van der Waals surface area (Å²) in [6.45, 7) is 2.48. The Morgan fingerprint density at radius 1 is 1.03 bits per heavy atom. The predicted molar refractivity (Wildman–Crippen MR) is 118 cm³/mol. The molecule has 1 saturated carbocycles. The van der Waals surface area contributed by atoms with E-state index in [0.717, 1.165) is 67.1 Å². The van der Waals surface area contributed by atoms with E-state index in [0.29, 0.717) is 12.1 Å². The Hall–Kier alpha value is -2.43. The number of carbonyl (C=O) groups is 2. The highest BCUT2D eigenvalue weighted by atomic mass is 16.5. The van der Waals surface area contributed by atoms with Crippen LogP contribution in [-0.2, 0) is 22.4 Å². The summed E-state index contributed by atoms with van der Waals surface area (Å²) in [5, 5.41) is 0.829. The molecule has 1 amide bonds. The number of carbonyl (C=O) groups excluding carboxylic acids is 2. The zero-order valence-corrected chi connectivity index (χ0v) is 18.0. The summed E-state index contributed by atoms with van der Waals surface area (Å²) in [6.07, 6.45) is 10.7. The summed E-state index contributed by atoms with van der Waals surface area (Å²) in [5.41, 5.74) is 3.48. The molecule has 2 aromatic rings. The average molecular weight is 409 g/mol. The molecule has 1 heterocycles. The molecule has 4 rings (SSSR count). The maximum atomic E-state index is 13.2. The number of esters is 1. The van der Waals surface area contributed by atoms with Crippen LogP contribution in [-0.4, -0.2) is 41.0 Å². The molecule has 0 aliphatic heterocycles. The normalized spacial score (nSPS) is 17.2. The fraction of sp³-hybridized carbons (Fsp3) is 0.560. The van der Waals surface area contributed by atoms with Gasteiger partial charge in [-0.3, -0.25) is 9.78 Å². The van der Waals surface area contributed by atoms with Crippen molar-refractivity contribution < 1.29 is 14.3 Å². The molecule has 0 radical (unpaired) electrons. The summed E-state index contributed by atoms with van der Waals surface area (Å²) < 4.78 is 5.62. The molecule has 30 heavy (non-hydrogen) atoms. The summed E-state index contributed by atoms with van der Waals surface area (Å²) in [6, 6.07) is 8.04. The largest absolute Gasteiger partial charge is 0.452 e. The smallest absolute Gasteiger partial charge is 0.339 e. The predicted octanol–water partition coefficient (Wildman–Crippen LogP) is 4.84. The molecule has 2 aliphatic carbocycles. The molecule has 1 aromatic carbocycles. The highest BCUT2D eigenvalue weighted by Gasteiger charge is 2.27. The Kier molecular flexibility index (Phi) is 6.66. The van der Waals surface area contributed by atoms with Gasteiger partial charge in [-0.05, 0) is 57.1 Å². The Balaban J connectivity index is 1.55.